The SMILES string of the molecule is C=CC(=O)NC1CC(C)(C)N(S(=O)(=O)c2ccc(-c3csc(C)n3)s2)C(C)(C)C1. The summed E-state index contributed by atoms with van der Waals surface area (Å²) in [6.07, 6.45) is 2.30. The minimum absolute atomic E-state index is 0.117. The van der Waals surface area contributed by atoms with Gasteiger partial charge in [-0.3, -0.25) is 4.79 Å². The topological polar surface area (TPSA) is 79.4 Å². The number of aromatic nitrogens is 1. The molecule has 2 aromatic heterocycles. The molecule has 1 aliphatic rings. The molecule has 3 rings (SSSR count). The molecule has 29 heavy (non-hydrogen) atoms. The molecular formula is C20H27N3O3S3. The molecule has 1 saturated heterocycles. The fourth-order valence-corrected chi connectivity index (χ4v) is 8.61. The molecule has 0 atom stereocenters. The van der Waals surface area contributed by atoms with E-state index >= 15 is 0 Å². The van der Waals surface area contributed by atoms with Gasteiger partial charge in [-0.2, -0.15) is 4.31 Å². The summed E-state index contributed by atoms with van der Waals surface area (Å²) >= 11 is 2.79. The van der Waals surface area contributed by atoms with Gasteiger partial charge in [0, 0.05) is 22.5 Å². The van der Waals surface area contributed by atoms with Crippen LogP contribution >= 0.6 is 22.7 Å². The Morgan fingerprint density at radius 2 is 1.90 bits per heavy atom. The van der Waals surface area contributed by atoms with Crippen LogP contribution in [0.2, 0.25) is 0 Å². The molecule has 1 amide bonds. The van der Waals surface area contributed by atoms with E-state index in [1.807, 2.05) is 46.1 Å². The molecule has 0 saturated carbocycles. The molecule has 0 radical (unpaired) electrons. The highest BCUT2D eigenvalue weighted by atomic mass is 32.2. The Labute approximate surface area is 180 Å². The molecular weight excluding hydrogens is 426 g/mol. The number of carbonyl (C=O) groups excluding carboxylic acids is 1. The minimum Gasteiger partial charge on any atom is -0.350 e. The summed E-state index contributed by atoms with van der Waals surface area (Å²) in [5.41, 5.74) is -0.523. The Bertz CT molecular complexity index is 1020. The summed E-state index contributed by atoms with van der Waals surface area (Å²) in [5.74, 6) is -0.237. The largest absolute Gasteiger partial charge is 0.350 e. The number of thiazole rings is 1. The summed E-state index contributed by atoms with van der Waals surface area (Å²) in [5, 5.41) is 5.83. The second-order valence-electron chi connectivity index (χ2n) is 8.58. The number of thiophene rings is 1. The zero-order chi connectivity index (χ0) is 21.6. The lowest BCUT2D eigenvalue weighted by Crippen LogP contribution is -2.65. The highest BCUT2D eigenvalue weighted by molar-refractivity contribution is 7.91. The van der Waals surface area contributed by atoms with E-state index in [4.69, 9.17) is 0 Å². The maximum Gasteiger partial charge on any atom is 0.253 e. The van der Waals surface area contributed by atoms with Crippen molar-refractivity contribution in [1.82, 2.24) is 14.6 Å². The van der Waals surface area contributed by atoms with Crippen LogP contribution in [0.5, 0.6) is 0 Å². The Balaban J connectivity index is 1.94. The molecule has 0 aliphatic carbocycles. The first kappa shape index (κ1) is 22.1. The van der Waals surface area contributed by atoms with Crippen LogP contribution in [0.25, 0.3) is 10.6 Å². The van der Waals surface area contributed by atoms with E-state index in [0.717, 1.165) is 15.6 Å². The van der Waals surface area contributed by atoms with E-state index in [9.17, 15) is 13.2 Å². The quantitative estimate of drug-likeness (QED) is 0.689. The monoisotopic (exact) mass is 453 g/mol. The lowest BCUT2D eigenvalue weighted by atomic mass is 9.79. The third-order valence-electron chi connectivity index (χ3n) is 5.07. The molecule has 0 aromatic carbocycles. The number of hydrogen-bond donors (Lipinski definition) is 1. The van der Waals surface area contributed by atoms with Gasteiger partial charge in [0.15, 0.2) is 0 Å². The average Bonchev–Trinajstić information content (AvgIpc) is 3.20. The number of nitrogens with zero attached hydrogens (tertiary/aromatic N) is 2. The smallest absolute Gasteiger partial charge is 0.253 e. The van der Waals surface area contributed by atoms with E-state index in [0.29, 0.717) is 17.1 Å². The Morgan fingerprint density at radius 3 is 2.41 bits per heavy atom. The van der Waals surface area contributed by atoms with Crippen LogP contribution in [0.4, 0.5) is 0 Å². The normalized spacial score (nSPS) is 19.8. The molecule has 9 heteroatoms. The van der Waals surface area contributed by atoms with Gasteiger partial charge < -0.3 is 5.32 Å². The van der Waals surface area contributed by atoms with Crippen LogP contribution in [-0.4, -0.2) is 40.7 Å². The lowest BCUT2D eigenvalue weighted by molar-refractivity contribution is -0.118. The van der Waals surface area contributed by atoms with E-state index in [1.165, 1.54) is 17.4 Å². The second-order valence-corrected chi connectivity index (χ2v) is 12.7. The van der Waals surface area contributed by atoms with Crippen LogP contribution in [0.1, 0.15) is 45.5 Å². The second kappa shape index (κ2) is 7.61. The first-order chi connectivity index (χ1) is 13.4. The number of sulfonamides is 1. The summed E-state index contributed by atoms with van der Waals surface area (Å²) in [7, 11) is -3.72. The predicted octanol–water partition coefficient (Wildman–Crippen LogP) is 4.19. The van der Waals surface area contributed by atoms with Crippen molar-refractivity contribution in [2.45, 2.75) is 68.8 Å². The van der Waals surface area contributed by atoms with Gasteiger partial charge in [0.2, 0.25) is 5.91 Å². The summed E-state index contributed by atoms with van der Waals surface area (Å²) < 4.78 is 29.3. The van der Waals surface area contributed by atoms with Gasteiger partial charge in [-0.15, -0.1) is 22.7 Å². The fourth-order valence-electron chi connectivity index (χ4n) is 4.44. The molecule has 1 aliphatic heterocycles. The summed E-state index contributed by atoms with van der Waals surface area (Å²) in [6.45, 7) is 13.1. The van der Waals surface area contributed by atoms with Gasteiger partial charge in [-0.1, -0.05) is 6.58 Å². The molecule has 158 valence electrons. The molecule has 0 unspecified atom stereocenters. The first-order valence-corrected chi connectivity index (χ1v) is 12.5. The van der Waals surface area contributed by atoms with E-state index in [2.05, 4.69) is 16.9 Å². The van der Waals surface area contributed by atoms with Crippen molar-refractivity contribution < 1.29 is 13.2 Å². The van der Waals surface area contributed by atoms with Crippen LogP contribution in [0.15, 0.2) is 34.4 Å². The lowest BCUT2D eigenvalue weighted by Gasteiger charge is -2.53. The number of aryl methyl sites for hydroxylation is 1. The Hall–Kier alpha value is -1.55. The van der Waals surface area contributed by atoms with E-state index in [1.54, 1.807) is 21.7 Å². The predicted molar refractivity (Wildman–Crippen MR) is 119 cm³/mol. The van der Waals surface area contributed by atoms with Crippen molar-refractivity contribution in [2.75, 3.05) is 0 Å². The molecule has 1 N–H and O–H groups in total. The molecule has 1 fully saturated rings. The summed E-state index contributed by atoms with van der Waals surface area (Å²) in [4.78, 5) is 17.1. The Kier molecular flexibility index (Phi) is 5.81. The minimum atomic E-state index is -3.72. The molecule has 0 spiro atoms. The van der Waals surface area contributed by atoms with Crippen molar-refractivity contribution in [3.63, 3.8) is 0 Å². The molecule has 6 nitrogen and oxygen atoms in total. The fraction of sp³-hybridized carbons (Fsp3) is 0.500. The van der Waals surface area contributed by atoms with E-state index in [-0.39, 0.29) is 11.9 Å². The third-order valence-corrected chi connectivity index (χ3v) is 9.74. The van der Waals surface area contributed by atoms with Crippen molar-refractivity contribution in [3.8, 4) is 10.6 Å². The highest BCUT2D eigenvalue weighted by Gasteiger charge is 2.52. The van der Waals surface area contributed by atoms with Crippen molar-refractivity contribution in [1.29, 1.82) is 0 Å². The molecule has 2 aromatic rings. The zero-order valence-corrected chi connectivity index (χ0v) is 19.8. The number of nitrogens with one attached hydrogen (secondary N) is 1. The maximum absolute atomic E-state index is 13.7. The number of carbonyl (C=O) groups is 1. The third kappa shape index (κ3) is 4.33. The van der Waals surface area contributed by atoms with Gasteiger partial charge in [0.05, 0.1) is 15.6 Å². The van der Waals surface area contributed by atoms with Gasteiger partial charge in [-0.05, 0) is 65.7 Å². The van der Waals surface area contributed by atoms with Gasteiger partial charge in [0.1, 0.15) is 4.21 Å². The summed E-state index contributed by atoms with van der Waals surface area (Å²) in [6, 6.07) is 3.37. The number of amides is 1. The van der Waals surface area contributed by atoms with Crippen molar-refractivity contribution >= 4 is 38.6 Å². The molecule has 3 heterocycles. The van der Waals surface area contributed by atoms with Gasteiger partial charge in [-0.25, -0.2) is 13.4 Å². The average molecular weight is 454 g/mol. The van der Waals surface area contributed by atoms with Crippen LogP contribution in [0, 0.1) is 6.92 Å². The van der Waals surface area contributed by atoms with Crippen molar-refractivity contribution in [3.05, 3.63) is 35.2 Å². The maximum atomic E-state index is 13.7. The number of rotatable bonds is 5. The zero-order valence-electron chi connectivity index (χ0n) is 17.4. The van der Waals surface area contributed by atoms with Gasteiger partial charge >= 0.3 is 0 Å². The Morgan fingerprint density at radius 1 is 1.28 bits per heavy atom. The van der Waals surface area contributed by atoms with Gasteiger partial charge in [0.25, 0.3) is 10.0 Å². The standard InChI is InChI=1S/C20H27N3O3S3/c1-7-17(24)22-14-10-19(3,4)23(20(5,6)11-14)29(25,26)18-9-8-16(28-18)15-12-27-13(2)21-15/h7-9,12,14H,1,10-11H2,2-6H3,(H,22,24). The van der Waals surface area contributed by atoms with Crippen LogP contribution in [-0.2, 0) is 14.8 Å². The van der Waals surface area contributed by atoms with Crippen LogP contribution < -0.4 is 5.32 Å². The highest BCUT2D eigenvalue weighted by Crippen LogP contribution is 2.44. The van der Waals surface area contributed by atoms with E-state index < -0.39 is 21.1 Å². The number of hydrogen-bond acceptors (Lipinski definition) is 6. The number of piperidine rings is 1. The van der Waals surface area contributed by atoms with Crippen molar-refractivity contribution in [2.24, 2.45) is 0 Å². The van der Waals surface area contributed by atoms with Crippen LogP contribution in [0.3, 0.4) is 0 Å². The molecule has 0 bridgehead atoms. The first-order valence-electron chi connectivity index (χ1n) is 9.38.